The summed E-state index contributed by atoms with van der Waals surface area (Å²) in [5.41, 5.74) is 1.17. The van der Waals surface area contributed by atoms with Crippen molar-refractivity contribution >= 4 is 15.9 Å². The second kappa shape index (κ2) is 5.52. The first-order valence-corrected chi connectivity index (χ1v) is 6.00. The van der Waals surface area contributed by atoms with E-state index in [0.717, 1.165) is 11.0 Å². The molecule has 15 heavy (non-hydrogen) atoms. The topological polar surface area (TPSA) is 32.3 Å². The summed E-state index contributed by atoms with van der Waals surface area (Å²) in [6, 6.07) is 6.08. The predicted octanol–water partition coefficient (Wildman–Crippen LogP) is 3.29. The highest BCUT2D eigenvalue weighted by Gasteiger charge is 2.06. The zero-order valence-electron chi connectivity index (χ0n) is 9.42. The van der Waals surface area contributed by atoms with E-state index in [0.29, 0.717) is 12.0 Å². The van der Waals surface area contributed by atoms with E-state index in [1.54, 1.807) is 6.07 Å². The van der Waals surface area contributed by atoms with E-state index in [4.69, 9.17) is 0 Å². The lowest BCUT2D eigenvalue weighted by atomic mass is 10.1. The molecule has 0 fully saturated rings. The van der Waals surface area contributed by atoms with Crippen LogP contribution in [0, 0.1) is 5.92 Å². The van der Waals surface area contributed by atoms with E-state index < -0.39 is 0 Å². The lowest BCUT2D eigenvalue weighted by Gasteiger charge is -2.17. The molecule has 1 aromatic carbocycles. The minimum atomic E-state index is 0.288. The van der Waals surface area contributed by atoms with Crippen LogP contribution in [0.15, 0.2) is 22.7 Å². The molecule has 0 aliphatic rings. The summed E-state index contributed by atoms with van der Waals surface area (Å²) in [7, 11) is 0. The summed E-state index contributed by atoms with van der Waals surface area (Å²) in [6.45, 7) is 7.41. The fourth-order valence-corrected chi connectivity index (χ4v) is 1.60. The van der Waals surface area contributed by atoms with Crippen LogP contribution < -0.4 is 5.32 Å². The molecule has 0 unspecified atom stereocenters. The lowest BCUT2D eigenvalue weighted by molar-refractivity contribution is 0.425. The molecule has 0 spiro atoms. The smallest absolute Gasteiger partial charge is 0.129 e. The van der Waals surface area contributed by atoms with Gasteiger partial charge in [0.1, 0.15) is 5.75 Å². The fourth-order valence-electron chi connectivity index (χ4n) is 1.17. The molecule has 0 aliphatic heterocycles. The number of rotatable bonds is 4. The Morgan fingerprint density at radius 2 is 2.00 bits per heavy atom. The average molecular weight is 272 g/mol. The molecule has 0 radical (unpaired) electrons. The molecule has 0 saturated carbocycles. The van der Waals surface area contributed by atoms with Crippen molar-refractivity contribution in [3.05, 3.63) is 28.2 Å². The maximum absolute atomic E-state index is 9.34. The quantitative estimate of drug-likeness (QED) is 0.881. The maximum atomic E-state index is 9.34. The molecular formula is C12H18BrNO. The highest BCUT2D eigenvalue weighted by molar-refractivity contribution is 9.10. The van der Waals surface area contributed by atoms with Gasteiger partial charge in [0, 0.05) is 12.6 Å². The van der Waals surface area contributed by atoms with Gasteiger partial charge in [-0.2, -0.15) is 0 Å². The average Bonchev–Trinajstić information content (AvgIpc) is 2.19. The minimum absolute atomic E-state index is 0.288. The maximum Gasteiger partial charge on any atom is 0.129 e. The van der Waals surface area contributed by atoms with Gasteiger partial charge >= 0.3 is 0 Å². The summed E-state index contributed by atoms with van der Waals surface area (Å²) in [5, 5.41) is 12.8. The van der Waals surface area contributed by atoms with Crippen molar-refractivity contribution in [1.82, 2.24) is 5.32 Å². The molecule has 1 aromatic rings. The van der Waals surface area contributed by atoms with Crippen molar-refractivity contribution in [1.29, 1.82) is 0 Å². The lowest BCUT2D eigenvalue weighted by Crippen LogP contribution is -2.30. The molecule has 2 N–H and O–H groups in total. The van der Waals surface area contributed by atoms with Crippen molar-refractivity contribution in [2.24, 2.45) is 5.92 Å². The Morgan fingerprint density at radius 3 is 2.53 bits per heavy atom. The summed E-state index contributed by atoms with van der Waals surface area (Å²) in [5.74, 6) is 0.918. The molecule has 0 heterocycles. The third-order valence-electron chi connectivity index (χ3n) is 2.64. The summed E-state index contributed by atoms with van der Waals surface area (Å²) in [4.78, 5) is 0. The third-order valence-corrected chi connectivity index (χ3v) is 3.28. The summed E-state index contributed by atoms with van der Waals surface area (Å²) >= 11 is 3.30. The monoisotopic (exact) mass is 271 g/mol. The molecule has 84 valence electrons. The number of halogens is 1. The molecule has 1 rings (SSSR count). The van der Waals surface area contributed by atoms with Crippen LogP contribution in [0.2, 0.25) is 0 Å². The van der Waals surface area contributed by atoms with Crippen LogP contribution in [0.5, 0.6) is 5.75 Å². The largest absolute Gasteiger partial charge is 0.507 e. The van der Waals surface area contributed by atoms with Crippen LogP contribution in [0.4, 0.5) is 0 Å². The van der Waals surface area contributed by atoms with Crippen molar-refractivity contribution < 1.29 is 5.11 Å². The van der Waals surface area contributed by atoms with E-state index in [1.165, 1.54) is 5.56 Å². The third kappa shape index (κ3) is 3.84. The summed E-state index contributed by atoms with van der Waals surface area (Å²) < 4.78 is 0.749. The van der Waals surface area contributed by atoms with Gasteiger partial charge in [0.25, 0.3) is 0 Å². The van der Waals surface area contributed by atoms with Crippen molar-refractivity contribution in [2.75, 3.05) is 0 Å². The van der Waals surface area contributed by atoms with Gasteiger partial charge in [-0.25, -0.2) is 0 Å². The minimum Gasteiger partial charge on any atom is -0.507 e. The van der Waals surface area contributed by atoms with E-state index in [-0.39, 0.29) is 5.75 Å². The molecular weight excluding hydrogens is 254 g/mol. The Balaban J connectivity index is 2.55. The Hall–Kier alpha value is -0.540. The molecule has 0 saturated heterocycles. The number of hydrogen-bond donors (Lipinski definition) is 2. The SMILES string of the molecule is CC(C)[C@H](C)NCc1ccc(O)c(Br)c1. The van der Waals surface area contributed by atoms with Crippen LogP contribution >= 0.6 is 15.9 Å². The van der Waals surface area contributed by atoms with Gasteiger partial charge in [-0.1, -0.05) is 19.9 Å². The Bertz CT molecular complexity index is 325. The second-order valence-corrected chi connectivity index (χ2v) is 5.05. The van der Waals surface area contributed by atoms with Gasteiger partial charge in [-0.05, 0) is 46.5 Å². The van der Waals surface area contributed by atoms with Crippen LogP contribution in [0.3, 0.4) is 0 Å². The highest BCUT2D eigenvalue weighted by atomic mass is 79.9. The van der Waals surface area contributed by atoms with E-state index in [9.17, 15) is 5.11 Å². The first-order valence-electron chi connectivity index (χ1n) is 5.21. The fraction of sp³-hybridized carbons (Fsp3) is 0.500. The number of benzene rings is 1. The Labute approximate surface area is 99.8 Å². The van der Waals surface area contributed by atoms with E-state index in [1.807, 2.05) is 12.1 Å². The van der Waals surface area contributed by atoms with E-state index in [2.05, 4.69) is 42.0 Å². The zero-order chi connectivity index (χ0) is 11.4. The van der Waals surface area contributed by atoms with Gasteiger partial charge in [-0.15, -0.1) is 0 Å². The van der Waals surface area contributed by atoms with Gasteiger partial charge in [0.15, 0.2) is 0 Å². The molecule has 0 bridgehead atoms. The summed E-state index contributed by atoms with van der Waals surface area (Å²) in [6.07, 6.45) is 0. The van der Waals surface area contributed by atoms with E-state index >= 15 is 0 Å². The number of nitrogens with one attached hydrogen (secondary N) is 1. The molecule has 0 aromatic heterocycles. The van der Waals surface area contributed by atoms with Crippen molar-refractivity contribution in [2.45, 2.75) is 33.4 Å². The highest BCUT2D eigenvalue weighted by Crippen LogP contribution is 2.24. The molecule has 0 aliphatic carbocycles. The molecule has 3 heteroatoms. The van der Waals surface area contributed by atoms with Crippen LogP contribution in [0.1, 0.15) is 26.3 Å². The predicted molar refractivity (Wildman–Crippen MR) is 66.9 cm³/mol. The number of aromatic hydroxyl groups is 1. The zero-order valence-corrected chi connectivity index (χ0v) is 11.0. The Morgan fingerprint density at radius 1 is 1.33 bits per heavy atom. The van der Waals surface area contributed by atoms with Gasteiger partial charge in [-0.3, -0.25) is 0 Å². The first-order chi connectivity index (χ1) is 7.00. The Kier molecular flexibility index (Phi) is 4.61. The number of hydrogen-bond acceptors (Lipinski definition) is 2. The molecule has 2 nitrogen and oxygen atoms in total. The van der Waals surface area contributed by atoms with Gasteiger partial charge in [0.05, 0.1) is 4.47 Å². The standard InChI is InChI=1S/C12H18BrNO/c1-8(2)9(3)14-7-10-4-5-12(15)11(13)6-10/h4-6,8-9,14-15H,7H2,1-3H3/t9-/m0/s1. The van der Waals surface area contributed by atoms with Gasteiger partial charge < -0.3 is 10.4 Å². The number of phenols is 1. The van der Waals surface area contributed by atoms with Crippen molar-refractivity contribution in [3.8, 4) is 5.75 Å². The first kappa shape index (κ1) is 12.5. The molecule has 0 amide bonds. The second-order valence-electron chi connectivity index (χ2n) is 4.20. The normalized spacial score (nSPS) is 13.1. The van der Waals surface area contributed by atoms with Crippen molar-refractivity contribution in [3.63, 3.8) is 0 Å². The van der Waals surface area contributed by atoms with Crippen LogP contribution in [-0.4, -0.2) is 11.1 Å². The molecule has 1 atom stereocenters. The van der Waals surface area contributed by atoms with Crippen LogP contribution in [-0.2, 0) is 6.54 Å². The van der Waals surface area contributed by atoms with Crippen LogP contribution in [0.25, 0.3) is 0 Å². The van der Waals surface area contributed by atoms with Gasteiger partial charge in [0.2, 0.25) is 0 Å². The number of phenolic OH excluding ortho intramolecular Hbond substituents is 1.